The summed E-state index contributed by atoms with van der Waals surface area (Å²) in [6.07, 6.45) is 0. The lowest BCUT2D eigenvalue weighted by Crippen LogP contribution is -2.34. The van der Waals surface area contributed by atoms with Crippen LogP contribution in [0.15, 0.2) is 48.5 Å². The highest BCUT2D eigenvalue weighted by molar-refractivity contribution is 7.80. The second-order valence-corrected chi connectivity index (χ2v) is 4.96. The summed E-state index contributed by atoms with van der Waals surface area (Å²) in [6, 6.07) is 13.1. The van der Waals surface area contributed by atoms with Crippen LogP contribution >= 0.6 is 12.2 Å². The van der Waals surface area contributed by atoms with Crippen LogP contribution < -0.4 is 10.6 Å². The Balaban J connectivity index is 2.07. The van der Waals surface area contributed by atoms with Gasteiger partial charge < -0.3 is 5.32 Å². The number of nitro benzene ring substituents is 1. The zero-order valence-corrected chi connectivity index (χ0v) is 12.5. The maximum atomic E-state index is 12.1. The standard InChI is InChI=1S/C15H13N3O3S/c1-10-6-8-11(9-7-10)16-15(22)17-14(19)12-4-2-3-5-13(12)18(20)21/h2-9H,1H3,(H2,16,17,19,22). The molecule has 0 radical (unpaired) electrons. The molecule has 0 fully saturated rings. The van der Waals surface area contributed by atoms with Crippen molar-refractivity contribution >= 4 is 34.6 Å². The number of carbonyl (C=O) groups is 1. The van der Waals surface area contributed by atoms with Gasteiger partial charge >= 0.3 is 0 Å². The number of nitrogens with zero attached hydrogens (tertiary/aromatic N) is 1. The minimum Gasteiger partial charge on any atom is -0.332 e. The summed E-state index contributed by atoms with van der Waals surface area (Å²) < 4.78 is 0. The second kappa shape index (κ2) is 6.77. The zero-order chi connectivity index (χ0) is 16.1. The third-order valence-corrected chi connectivity index (χ3v) is 3.09. The molecule has 0 heterocycles. The van der Waals surface area contributed by atoms with E-state index in [2.05, 4.69) is 10.6 Å². The monoisotopic (exact) mass is 315 g/mol. The molecule has 7 heteroatoms. The van der Waals surface area contributed by atoms with Gasteiger partial charge in [0.25, 0.3) is 11.6 Å². The predicted molar refractivity (Wildman–Crippen MR) is 88.0 cm³/mol. The summed E-state index contributed by atoms with van der Waals surface area (Å²) in [4.78, 5) is 22.4. The molecule has 0 atom stereocenters. The van der Waals surface area contributed by atoms with Gasteiger partial charge in [-0.15, -0.1) is 0 Å². The van der Waals surface area contributed by atoms with E-state index >= 15 is 0 Å². The molecular weight excluding hydrogens is 302 g/mol. The Morgan fingerprint density at radius 3 is 2.41 bits per heavy atom. The van der Waals surface area contributed by atoms with E-state index in [1.165, 1.54) is 18.2 Å². The molecule has 0 saturated heterocycles. The summed E-state index contributed by atoms with van der Waals surface area (Å²) in [6.45, 7) is 1.96. The minimum atomic E-state index is -0.628. The van der Waals surface area contributed by atoms with Crippen LogP contribution in [0.1, 0.15) is 15.9 Å². The Bertz CT molecular complexity index is 729. The summed E-state index contributed by atoms with van der Waals surface area (Å²) in [5.74, 6) is -0.628. The maximum absolute atomic E-state index is 12.1. The van der Waals surface area contributed by atoms with Crippen LogP contribution in [0, 0.1) is 17.0 Å². The van der Waals surface area contributed by atoms with Gasteiger partial charge in [-0.1, -0.05) is 29.8 Å². The van der Waals surface area contributed by atoms with Gasteiger partial charge in [-0.3, -0.25) is 20.2 Å². The average Bonchev–Trinajstić information content (AvgIpc) is 2.49. The van der Waals surface area contributed by atoms with Gasteiger partial charge in [-0.25, -0.2) is 0 Å². The summed E-state index contributed by atoms with van der Waals surface area (Å²) in [7, 11) is 0. The fraction of sp³-hybridized carbons (Fsp3) is 0.0667. The fourth-order valence-corrected chi connectivity index (χ4v) is 2.01. The highest BCUT2D eigenvalue weighted by Crippen LogP contribution is 2.17. The Hall–Kier alpha value is -2.80. The molecule has 0 saturated carbocycles. The Labute approximate surface area is 132 Å². The van der Waals surface area contributed by atoms with E-state index in [9.17, 15) is 14.9 Å². The van der Waals surface area contributed by atoms with Crippen molar-refractivity contribution in [1.29, 1.82) is 0 Å². The third kappa shape index (κ3) is 3.86. The Morgan fingerprint density at radius 2 is 1.77 bits per heavy atom. The van der Waals surface area contributed by atoms with E-state index in [1.807, 2.05) is 31.2 Å². The van der Waals surface area contributed by atoms with Crippen LogP contribution in [0.3, 0.4) is 0 Å². The molecule has 1 amide bonds. The number of para-hydroxylation sites is 1. The molecule has 112 valence electrons. The lowest BCUT2D eigenvalue weighted by atomic mass is 10.1. The normalized spacial score (nSPS) is 9.86. The first-order valence-electron chi connectivity index (χ1n) is 6.40. The van der Waals surface area contributed by atoms with E-state index in [0.29, 0.717) is 0 Å². The zero-order valence-electron chi connectivity index (χ0n) is 11.7. The quantitative estimate of drug-likeness (QED) is 0.517. The van der Waals surface area contributed by atoms with Gasteiger partial charge in [0.1, 0.15) is 5.56 Å². The van der Waals surface area contributed by atoms with Crippen molar-refractivity contribution in [2.24, 2.45) is 0 Å². The minimum absolute atomic E-state index is 0.0412. The van der Waals surface area contributed by atoms with Crippen LogP contribution in [0.25, 0.3) is 0 Å². The molecule has 0 spiro atoms. The van der Waals surface area contributed by atoms with Gasteiger partial charge in [0, 0.05) is 11.8 Å². The number of carbonyl (C=O) groups excluding carboxylic acids is 1. The number of rotatable bonds is 3. The van der Waals surface area contributed by atoms with Crippen molar-refractivity contribution in [3.63, 3.8) is 0 Å². The third-order valence-electron chi connectivity index (χ3n) is 2.88. The molecule has 22 heavy (non-hydrogen) atoms. The molecule has 2 rings (SSSR count). The van der Waals surface area contributed by atoms with E-state index in [-0.39, 0.29) is 16.4 Å². The number of nitro groups is 1. The largest absolute Gasteiger partial charge is 0.332 e. The Morgan fingerprint density at radius 1 is 1.14 bits per heavy atom. The number of benzene rings is 2. The van der Waals surface area contributed by atoms with E-state index in [1.54, 1.807) is 6.07 Å². The molecular formula is C15H13N3O3S. The molecule has 2 aromatic carbocycles. The van der Waals surface area contributed by atoms with Crippen LogP contribution in [0.4, 0.5) is 11.4 Å². The molecule has 6 nitrogen and oxygen atoms in total. The Kier molecular flexibility index (Phi) is 4.80. The molecule has 0 aliphatic carbocycles. The second-order valence-electron chi connectivity index (χ2n) is 4.55. The summed E-state index contributed by atoms with van der Waals surface area (Å²) >= 11 is 5.04. The summed E-state index contributed by atoms with van der Waals surface area (Å²) in [5, 5.41) is 16.3. The first-order chi connectivity index (χ1) is 10.5. The highest BCUT2D eigenvalue weighted by atomic mass is 32.1. The van der Waals surface area contributed by atoms with Gasteiger partial charge in [0.2, 0.25) is 0 Å². The molecule has 0 unspecified atom stereocenters. The SMILES string of the molecule is Cc1ccc(NC(=S)NC(=O)c2ccccc2[N+](=O)[O-])cc1. The number of anilines is 1. The topological polar surface area (TPSA) is 84.3 Å². The van der Waals surface area contributed by atoms with Crippen LogP contribution in [0.2, 0.25) is 0 Å². The van der Waals surface area contributed by atoms with Crippen molar-refractivity contribution in [3.05, 3.63) is 69.8 Å². The predicted octanol–water partition coefficient (Wildman–Crippen LogP) is 3.03. The molecule has 0 aromatic heterocycles. The molecule has 0 bridgehead atoms. The maximum Gasteiger partial charge on any atom is 0.282 e. The van der Waals surface area contributed by atoms with Crippen molar-refractivity contribution in [2.75, 3.05) is 5.32 Å². The van der Waals surface area contributed by atoms with Crippen molar-refractivity contribution in [2.45, 2.75) is 6.92 Å². The number of thiocarbonyl (C=S) groups is 1. The smallest absolute Gasteiger partial charge is 0.282 e. The van der Waals surface area contributed by atoms with Crippen LogP contribution in [-0.4, -0.2) is 15.9 Å². The first-order valence-corrected chi connectivity index (χ1v) is 6.80. The highest BCUT2D eigenvalue weighted by Gasteiger charge is 2.19. The number of nitrogens with one attached hydrogen (secondary N) is 2. The number of amides is 1. The number of aryl methyl sites for hydroxylation is 1. The van der Waals surface area contributed by atoms with Crippen molar-refractivity contribution < 1.29 is 9.72 Å². The van der Waals surface area contributed by atoms with Gasteiger partial charge in [0.05, 0.1) is 4.92 Å². The van der Waals surface area contributed by atoms with Crippen molar-refractivity contribution in [1.82, 2.24) is 5.32 Å². The molecule has 0 aliphatic heterocycles. The number of hydrogen-bond acceptors (Lipinski definition) is 4. The molecule has 2 N–H and O–H groups in total. The lowest BCUT2D eigenvalue weighted by Gasteiger charge is -2.10. The van der Waals surface area contributed by atoms with Gasteiger partial charge in [-0.05, 0) is 37.3 Å². The van der Waals surface area contributed by atoms with E-state index in [0.717, 1.165) is 11.3 Å². The molecule has 0 aliphatic rings. The van der Waals surface area contributed by atoms with Crippen LogP contribution in [0.5, 0.6) is 0 Å². The average molecular weight is 315 g/mol. The van der Waals surface area contributed by atoms with Crippen LogP contribution in [-0.2, 0) is 0 Å². The lowest BCUT2D eigenvalue weighted by molar-refractivity contribution is -0.385. The van der Waals surface area contributed by atoms with Gasteiger partial charge in [0.15, 0.2) is 5.11 Å². The van der Waals surface area contributed by atoms with Gasteiger partial charge in [-0.2, -0.15) is 0 Å². The van der Waals surface area contributed by atoms with Crippen molar-refractivity contribution in [3.8, 4) is 0 Å². The fourth-order valence-electron chi connectivity index (χ4n) is 1.79. The summed E-state index contributed by atoms with van der Waals surface area (Å²) in [5.41, 5.74) is 1.51. The number of hydrogen-bond donors (Lipinski definition) is 2. The molecule has 2 aromatic rings. The first kappa shape index (κ1) is 15.6. The van der Waals surface area contributed by atoms with E-state index in [4.69, 9.17) is 12.2 Å². The van der Waals surface area contributed by atoms with E-state index < -0.39 is 10.8 Å².